The van der Waals surface area contributed by atoms with Crippen molar-refractivity contribution in [2.75, 3.05) is 13.1 Å². The Morgan fingerprint density at radius 1 is 1.56 bits per heavy atom. The Morgan fingerprint density at radius 2 is 2.00 bits per heavy atom. The summed E-state index contributed by atoms with van der Waals surface area (Å²) in [6.45, 7) is 6.25. The Hall–Kier alpha value is 0.759. The van der Waals surface area contributed by atoms with Crippen molar-refractivity contribution in [2.45, 2.75) is 13.8 Å². The molecule has 0 unspecified atom stereocenters. The van der Waals surface area contributed by atoms with Crippen molar-refractivity contribution < 1.29 is 0 Å². The van der Waals surface area contributed by atoms with Gasteiger partial charge in [-0.3, -0.25) is 0 Å². The van der Waals surface area contributed by atoms with Crippen LogP contribution in [0.2, 0.25) is 0 Å². The van der Waals surface area contributed by atoms with Gasteiger partial charge in [0.05, 0.1) is 0 Å². The average Bonchev–Trinajstić information content (AvgIpc) is 1.90. The number of nitrogens with zero attached hydrogens (tertiary/aromatic N) is 1. The predicted octanol–water partition coefficient (Wildman–Crippen LogP) is 1.16. The molecule has 0 atom stereocenters. The van der Waals surface area contributed by atoms with Gasteiger partial charge in [0.25, 0.3) is 0 Å². The molecule has 0 N–H and O–H groups in total. The molecule has 0 aromatic carbocycles. The molecule has 0 aromatic heterocycles. The molecule has 0 saturated carbocycles. The summed E-state index contributed by atoms with van der Waals surface area (Å²) in [6, 6.07) is 0. The first-order valence-corrected chi connectivity index (χ1v) is 6.34. The summed E-state index contributed by atoms with van der Waals surface area (Å²) >= 11 is 7.47. The van der Waals surface area contributed by atoms with E-state index in [-0.39, 0.29) is 0 Å². The average molecular weight is 228 g/mol. The van der Waals surface area contributed by atoms with E-state index in [2.05, 4.69) is 33.6 Å². The van der Waals surface area contributed by atoms with Gasteiger partial charge in [0.2, 0.25) is 0 Å². The van der Waals surface area contributed by atoms with Gasteiger partial charge in [-0.15, -0.1) is 0 Å². The Balaban J connectivity index is 3.64. The molecular formula is C5H11NS2Se. The Labute approximate surface area is 73.4 Å². The molecule has 0 rings (SSSR count). The fraction of sp³-hybridized carbons (Fsp3) is 0.800. The van der Waals surface area contributed by atoms with E-state index in [4.69, 9.17) is 12.2 Å². The van der Waals surface area contributed by atoms with Gasteiger partial charge >= 0.3 is 73.4 Å². The zero-order valence-corrected chi connectivity index (χ0v) is 9.13. The van der Waals surface area contributed by atoms with Gasteiger partial charge in [0.15, 0.2) is 0 Å². The summed E-state index contributed by atoms with van der Waals surface area (Å²) in [5.41, 5.74) is 0. The molecule has 0 aliphatic heterocycles. The minimum absolute atomic E-state index is 0.972. The molecule has 0 aliphatic rings. The molecule has 0 radical (unpaired) electrons. The van der Waals surface area contributed by atoms with Crippen molar-refractivity contribution in [3.05, 3.63) is 0 Å². The van der Waals surface area contributed by atoms with Gasteiger partial charge in [-0.2, -0.15) is 0 Å². The SMILES string of the molecule is CCN(CC)C(=S)S[SeH]. The number of hydrogen-bond acceptors (Lipinski definition) is 2. The molecule has 4 heteroatoms. The second-order valence-corrected chi connectivity index (χ2v) is 3.89. The van der Waals surface area contributed by atoms with Crippen molar-refractivity contribution in [1.29, 1.82) is 0 Å². The summed E-state index contributed by atoms with van der Waals surface area (Å²) in [4.78, 5) is 2.15. The van der Waals surface area contributed by atoms with E-state index in [9.17, 15) is 0 Å². The third kappa shape index (κ3) is 3.46. The molecule has 0 heterocycles. The molecule has 0 aliphatic carbocycles. The van der Waals surface area contributed by atoms with Gasteiger partial charge in [-0.25, -0.2) is 0 Å². The zero-order chi connectivity index (χ0) is 7.28. The van der Waals surface area contributed by atoms with E-state index < -0.39 is 0 Å². The van der Waals surface area contributed by atoms with Crippen molar-refractivity contribution in [2.24, 2.45) is 0 Å². The number of thiocarbonyl (C=S) groups is 1. The monoisotopic (exact) mass is 229 g/mol. The van der Waals surface area contributed by atoms with Crippen LogP contribution in [-0.2, 0) is 0 Å². The zero-order valence-electron chi connectivity index (χ0n) is 5.63. The molecular weight excluding hydrogens is 217 g/mol. The van der Waals surface area contributed by atoms with Crippen LogP contribution in [0.4, 0.5) is 0 Å². The van der Waals surface area contributed by atoms with Crippen LogP contribution in [0.1, 0.15) is 13.8 Å². The standard InChI is InChI=1S/C5H11NS2Se/c1-3-6(4-2)5(7)8-9/h9H,3-4H2,1-2H3. The predicted molar refractivity (Wildman–Crippen MR) is 50.3 cm³/mol. The van der Waals surface area contributed by atoms with Crippen LogP contribution < -0.4 is 0 Å². The quantitative estimate of drug-likeness (QED) is 0.516. The van der Waals surface area contributed by atoms with E-state index in [0.29, 0.717) is 0 Å². The van der Waals surface area contributed by atoms with E-state index >= 15 is 0 Å². The third-order valence-corrected chi connectivity index (χ3v) is 3.92. The molecule has 0 amide bonds. The molecule has 9 heavy (non-hydrogen) atoms. The summed E-state index contributed by atoms with van der Waals surface area (Å²) < 4.78 is 0.972. The summed E-state index contributed by atoms with van der Waals surface area (Å²) in [5, 5.41) is 0. The van der Waals surface area contributed by atoms with Crippen LogP contribution in [0, 0.1) is 0 Å². The molecule has 0 spiro atoms. The molecule has 0 aromatic rings. The van der Waals surface area contributed by atoms with E-state index in [1.807, 2.05) is 0 Å². The van der Waals surface area contributed by atoms with Crippen LogP contribution in [0.15, 0.2) is 0 Å². The van der Waals surface area contributed by atoms with Crippen molar-refractivity contribution >= 4 is 41.6 Å². The van der Waals surface area contributed by atoms with Gasteiger partial charge in [-0.05, 0) is 0 Å². The van der Waals surface area contributed by atoms with Crippen LogP contribution in [0.25, 0.3) is 0 Å². The number of hydrogen-bond donors (Lipinski definition) is 0. The summed E-state index contributed by atoms with van der Waals surface area (Å²) in [7, 11) is 1.58. The molecule has 0 fully saturated rings. The summed E-state index contributed by atoms with van der Waals surface area (Å²) in [6.07, 6.45) is 0. The van der Waals surface area contributed by atoms with E-state index in [0.717, 1.165) is 17.4 Å². The van der Waals surface area contributed by atoms with E-state index in [1.165, 1.54) is 0 Å². The van der Waals surface area contributed by atoms with Crippen molar-refractivity contribution in [3.63, 3.8) is 0 Å². The van der Waals surface area contributed by atoms with Crippen molar-refractivity contribution in [1.82, 2.24) is 4.90 Å². The fourth-order valence-corrected chi connectivity index (χ4v) is 1.90. The van der Waals surface area contributed by atoms with Crippen LogP contribution in [0.3, 0.4) is 0 Å². The normalized spacial score (nSPS) is 9.22. The van der Waals surface area contributed by atoms with Gasteiger partial charge in [0, 0.05) is 0 Å². The van der Waals surface area contributed by atoms with Gasteiger partial charge in [-0.1, -0.05) is 0 Å². The fourth-order valence-electron chi connectivity index (χ4n) is 0.540. The van der Waals surface area contributed by atoms with Gasteiger partial charge < -0.3 is 0 Å². The Kier molecular flexibility index (Phi) is 6.00. The minimum atomic E-state index is 0.972. The Bertz CT molecular complexity index is 93.0. The Morgan fingerprint density at radius 3 is 2.11 bits per heavy atom. The first-order valence-electron chi connectivity index (χ1n) is 2.86. The third-order valence-electron chi connectivity index (χ3n) is 1.10. The topological polar surface area (TPSA) is 3.24 Å². The second-order valence-electron chi connectivity index (χ2n) is 1.53. The summed E-state index contributed by atoms with van der Waals surface area (Å²) in [5.74, 6) is 0. The van der Waals surface area contributed by atoms with Crippen molar-refractivity contribution in [3.8, 4) is 0 Å². The number of rotatable bonds is 2. The molecule has 0 saturated heterocycles. The first kappa shape index (κ1) is 9.76. The van der Waals surface area contributed by atoms with Crippen LogP contribution >= 0.6 is 22.4 Å². The first-order chi connectivity index (χ1) is 4.26. The maximum atomic E-state index is 5.05. The molecule has 54 valence electrons. The van der Waals surface area contributed by atoms with E-state index in [1.54, 1.807) is 10.2 Å². The molecule has 0 bridgehead atoms. The van der Waals surface area contributed by atoms with Crippen LogP contribution in [-0.4, -0.2) is 37.2 Å². The molecule has 1 nitrogen and oxygen atoms in total. The second kappa shape index (κ2) is 5.54. The van der Waals surface area contributed by atoms with Gasteiger partial charge in [0.1, 0.15) is 0 Å². The van der Waals surface area contributed by atoms with Crippen LogP contribution in [0.5, 0.6) is 0 Å². The maximum absolute atomic E-state index is 5.05.